The molecule has 0 bridgehead atoms. The van der Waals surface area contributed by atoms with Crippen molar-refractivity contribution in [1.29, 1.82) is 0 Å². The minimum absolute atomic E-state index is 0.0308. The Kier molecular flexibility index (Phi) is 3.57. The first-order valence-corrected chi connectivity index (χ1v) is 6.48. The highest BCUT2D eigenvalue weighted by Gasteiger charge is 2.18. The minimum Gasteiger partial charge on any atom is -0.480 e. The molecule has 0 aliphatic heterocycles. The normalized spacial score (nSPS) is 13.4. The minimum atomic E-state index is -3.42. The van der Waals surface area contributed by atoms with E-state index >= 15 is 0 Å². The van der Waals surface area contributed by atoms with Crippen molar-refractivity contribution in [3.63, 3.8) is 0 Å². The molecule has 0 aliphatic carbocycles. The highest BCUT2D eigenvalue weighted by Crippen LogP contribution is 2.24. The number of carbonyl (C=O) groups is 1. The van der Waals surface area contributed by atoms with Crippen molar-refractivity contribution < 1.29 is 18.3 Å². The predicted molar refractivity (Wildman–Crippen MR) is 59.1 cm³/mol. The second-order valence-electron chi connectivity index (χ2n) is 3.28. The zero-order valence-corrected chi connectivity index (χ0v) is 9.92. The van der Waals surface area contributed by atoms with E-state index < -0.39 is 21.8 Å². The van der Waals surface area contributed by atoms with E-state index in [1.54, 1.807) is 0 Å². The molecular weight excluding hydrogens is 254 g/mol. The van der Waals surface area contributed by atoms with Crippen LogP contribution in [0.4, 0.5) is 0 Å². The Hall–Kier alpha value is -1.11. The average molecular weight is 264 g/mol. The molecule has 0 amide bonds. The van der Waals surface area contributed by atoms with Gasteiger partial charge in [-0.15, -0.1) is 0 Å². The van der Waals surface area contributed by atoms with Gasteiger partial charge in [-0.25, -0.2) is 8.42 Å². The van der Waals surface area contributed by atoms with Crippen LogP contribution in [-0.4, -0.2) is 25.7 Å². The molecule has 88 valence electrons. The van der Waals surface area contributed by atoms with Gasteiger partial charge in [0.1, 0.15) is 6.04 Å². The smallest absolute Gasteiger partial charge is 0.325 e. The Morgan fingerprint density at radius 1 is 1.50 bits per heavy atom. The van der Waals surface area contributed by atoms with E-state index in [4.69, 9.17) is 22.4 Å². The van der Waals surface area contributed by atoms with Gasteiger partial charge in [-0.2, -0.15) is 0 Å². The van der Waals surface area contributed by atoms with E-state index in [-0.39, 0.29) is 15.5 Å². The molecule has 1 aromatic carbocycles. The zero-order chi connectivity index (χ0) is 12.5. The lowest BCUT2D eigenvalue weighted by Crippen LogP contribution is -2.20. The molecule has 7 heteroatoms. The molecule has 0 saturated heterocycles. The molecule has 0 spiro atoms. The maximum atomic E-state index is 11.2. The summed E-state index contributed by atoms with van der Waals surface area (Å²) < 4.78 is 22.5. The summed E-state index contributed by atoms with van der Waals surface area (Å²) in [4.78, 5) is 10.6. The predicted octanol–water partition coefficient (Wildman–Crippen LogP) is 0.828. The third-order valence-electron chi connectivity index (χ3n) is 1.98. The molecule has 0 aromatic heterocycles. The number of hydrogen-bond acceptors (Lipinski definition) is 4. The third kappa shape index (κ3) is 2.72. The van der Waals surface area contributed by atoms with Gasteiger partial charge in [0.2, 0.25) is 0 Å². The van der Waals surface area contributed by atoms with Gasteiger partial charge in [-0.05, 0) is 17.7 Å². The van der Waals surface area contributed by atoms with Gasteiger partial charge >= 0.3 is 5.97 Å². The number of benzene rings is 1. The number of aliphatic carboxylic acids is 1. The fourth-order valence-electron chi connectivity index (χ4n) is 1.15. The van der Waals surface area contributed by atoms with Crippen molar-refractivity contribution in [2.75, 3.05) is 6.26 Å². The van der Waals surface area contributed by atoms with Crippen LogP contribution in [0.3, 0.4) is 0 Å². The Balaban J connectivity index is 3.25. The van der Waals surface area contributed by atoms with Crippen LogP contribution in [0.1, 0.15) is 11.6 Å². The van der Waals surface area contributed by atoms with Crippen molar-refractivity contribution in [3.05, 3.63) is 28.8 Å². The molecule has 0 radical (unpaired) electrons. The fourth-order valence-corrected chi connectivity index (χ4v) is 2.49. The van der Waals surface area contributed by atoms with E-state index in [2.05, 4.69) is 0 Å². The Morgan fingerprint density at radius 2 is 2.06 bits per heavy atom. The number of hydrogen-bond donors (Lipinski definition) is 2. The summed E-state index contributed by atoms with van der Waals surface area (Å²) in [6.45, 7) is 0. The molecule has 0 saturated carbocycles. The number of sulfone groups is 1. The Morgan fingerprint density at radius 3 is 2.44 bits per heavy atom. The average Bonchev–Trinajstić information content (AvgIpc) is 2.14. The number of carboxylic acid groups (broad SMARTS) is 1. The number of nitrogens with two attached hydrogens (primary N) is 1. The molecule has 16 heavy (non-hydrogen) atoms. The maximum absolute atomic E-state index is 11.2. The van der Waals surface area contributed by atoms with Gasteiger partial charge in [0.05, 0.1) is 9.92 Å². The van der Waals surface area contributed by atoms with Crippen molar-refractivity contribution in [2.45, 2.75) is 10.9 Å². The van der Waals surface area contributed by atoms with Crippen LogP contribution >= 0.6 is 11.6 Å². The third-order valence-corrected chi connectivity index (χ3v) is 3.56. The van der Waals surface area contributed by atoms with Crippen LogP contribution in [-0.2, 0) is 14.6 Å². The summed E-state index contributed by atoms with van der Waals surface area (Å²) in [6.07, 6.45) is 1.02. The van der Waals surface area contributed by atoms with E-state index in [1.165, 1.54) is 18.2 Å². The number of halogens is 1. The Labute approximate surface area is 97.8 Å². The zero-order valence-electron chi connectivity index (χ0n) is 8.34. The summed E-state index contributed by atoms with van der Waals surface area (Å²) in [5.41, 5.74) is 5.61. The van der Waals surface area contributed by atoms with Gasteiger partial charge in [0.25, 0.3) is 0 Å². The topological polar surface area (TPSA) is 97.5 Å². The standard InChI is InChI=1S/C9H10ClNO4S/c1-16(14,15)7-3-2-5(4-6(7)10)8(11)9(12)13/h2-4,8H,11H2,1H3,(H,12,13). The summed E-state index contributed by atoms with van der Waals surface area (Å²) in [6, 6.07) is 2.61. The van der Waals surface area contributed by atoms with Crippen LogP contribution in [0.15, 0.2) is 23.1 Å². The molecule has 1 atom stereocenters. The molecular formula is C9H10ClNO4S. The highest BCUT2D eigenvalue weighted by molar-refractivity contribution is 7.90. The second kappa shape index (κ2) is 4.40. The number of carboxylic acids is 1. The van der Waals surface area contributed by atoms with Crippen LogP contribution in [0, 0.1) is 0 Å². The molecule has 0 heterocycles. The van der Waals surface area contributed by atoms with E-state index in [0.717, 1.165) is 6.26 Å². The SMILES string of the molecule is CS(=O)(=O)c1ccc(C(N)C(=O)O)cc1Cl. The lowest BCUT2D eigenvalue weighted by atomic mass is 10.1. The van der Waals surface area contributed by atoms with E-state index in [0.29, 0.717) is 0 Å². The van der Waals surface area contributed by atoms with Crippen LogP contribution < -0.4 is 5.73 Å². The van der Waals surface area contributed by atoms with Gasteiger partial charge in [-0.3, -0.25) is 4.79 Å². The molecule has 5 nitrogen and oxygen atoms in total. The van der Waals surface area contributed by atoms with Crippen LogP contribution in [0.25, 0.3) is 0 Å². The van der Waals surface area contributed by atoms with Gasteiger partial charge in [0, 0.05) is 6.26 Å². The van der Waals surface area contributed by atoms with Crippen molar-refractivity contribution >= 4 is 27.4 Å². The first kappa shape index (κ1) is 13.0. The summed E-state index contributed by atoms with van der Waals surface area (Å²) in [7, 11) is -3.42. The molecule has 0 fully saturated rings. The van der Waals surface area contributed by atoms with E-state index in [9.17, 15) is 13.2 Å². The molecule has 1 rings (SSSR count). The van der Waals surface area contributed by atoms with Crippen LogP contribution in [0.5, 0.6) is 0 Å². The second-order valence-corrected chi connectivity index (χ2v) is 5.67. The first-order valence-electron chi connectivity index (χ1n) is 4.21. The quantitative estimate of drug-likeness (QED) is 0.842. The molecule has 1 aromatic rings. The molecule has 3 N–H and O–H groups in total. The van der Waals surface area contributed by atoms with Crippen molar-refractivity contribution in [3.8, 4) is 0 Å². The van der Waals surface area contributed by atoms with Crippen molar-refractivity contribution in [1.82, 2.24) is 0 Å². The number of rotatable bonds is 3. The summed E-state index contributed by atoms with van der Waals surface area (Å²) in [5.74, 6) is -1.21. The first-order chi connectivity index (χ1) is 7.23. The molecule has 1 unspecified atom stereocenters. The summed E-state index contributed by atoms with van der Waals surface area (Å²) in [5, 5.41) is 8.64. The van der Waals surface area contributed by atoms with Gasteiger partial charge < -0.3 is 10.8 Å². The lowest BCUT2D eigenvalue weighted by Gasteiger charge is -2.09. The fraction of sp³-hybridized carbons (Fsp3) is 0.222. The van der Waals surface area contributed by atoms with Gasteiger partial charge in [0.15, 0.2) is 9.84 Å². The van der Waals surface area contributed by atoms with E-state index in [1.807, 2.05) is 0 Å². The van der Waals surface area contributed by atoms with Gasteiger partial charge in [-0.1, -0.05) is 17.7 Å². The lowest BCUT2D eigenvalue weighted by molar-refractivity contribution is -0.138. The monoisotopic (exact) mass is 263 g/mol. The summed E-state index contributed by atoms with van der Waals surface area (Å²) >= 11 is 5.74. The molecule has 0 aliphatic rings. The highest BCUT2D eigenvalue weighted by atomic mass is 35.5. The Bertz CT molecular complexity index is 526. The maximum Gasteiger partial charge on any atom is 0.325 e. The van der Waals surface area contributed by atoms with Crippen LogP contribution in [0.2, 0.25) is 5.02 Å². The largest absolute Gasteiger partial charge is 0.480 e. The van der Waals surface area contributed by atoms with Crippen molar-refractivity contribution in [2.24, 2.45) is 5.73 Å².